The van der Waals surface area contributed by atoms with Crippen LogP contribution in [0.1, 0.15) is 106 Å². The molecule has 0 bridgehead atoms. The Morgan fingerprint density at radius 2 is 1.51 bits per heavy atom. The van der Waals surface area contributed by atoms with Crippen molar-refractivity contribution in [2.75, 3.05) is 26.2 Å². The van der Waals surface area contributed by atoms with Crippen molar-refractivity contribution in [2.24, 2.45) is 5.92 Å². The Kier molecular flexibility index (Phi) is 14.2. The van der Waals surface area contributed by atoms with Crippen molar-refractivity contribution in [3.8, 4) is 11.1 Å². The first kappa shape index (κ1) is 36.7. The predicted molar refractivity (Wildman–Crippen MR) is 193 cm³/mol. The van der Waals surface area contributed by atoms with Crippen LogP contribution in [0.2, 0.25) is 0 Å². The van der Waals surface area contributed by atoms with Crippen molar-refractivity contribution >= 4 is 11.8 Å². The molecular formula is C41H55N3O5. The number of nitrogens with one attached hydrogen (secondary N) is 2. The average Bonchev–Trinajstić information content (AvgIpc) is 3.11. The minimum atomic E-state index is -0.500. The number of likely N-dealkylation sites (tertiary alicyclic amines) is 1. The van der Waals surface area contributed by atoms with Crippen LogP contribution in [-0.2, 0) is 32.2 Å². The molecule has 2 saturated heterocycles. The second kappa shape index (κ2) is 19.0. The Morgan fingerprint density at radius 3 is 2.22 bits per heavy atom. The normalized spacial score (nSPS) is 21.8. The summed E-state index contributed by atoms with van der Waals surface area (Å²) >= 11 is 0. The number of hydrogen-bond acceptors (Lipinski definition) is 6. The number of hydrogen-bond donors (Lipinski definition) is 3. The number of unbranched alkanes of at least 4 members (excludes halogenated alkanes) is 2. The summed E-state index contributed by atoms with van der Waals surface area (Å²) in [5, 5.41) is 15.5. The zero-order valence-electron chi connectivity index (χ0n) is 29.4. The Hall–Kier alpha value is -3.56. The molecule has 0 aromatic heterocycles. The molecule has 3 N–H and O–H groups in total. The minimum Gasteiger partial charge on any atom is -0.392 e. The van der Waals surface area contributed by atoms with Crippen LogP contribution in [-0.4, -0.2) is 54.1 Å². The summed E-state index contributed by atoms with van der Waals surface area (Å²) in [4.78, 5) is 26.2. The van der Waals surface area contributed by atoms with E-state index in [2.05, 4.69) is 71.0 Å². The standard InChI is InChI=1S/C41H55N3O5/c1-30-38(28-44-25-11-4-3-5-12-26-44)48-41(49-40(30)34-18-16-32(29-45)17-19-34)35-22-20-33(21-23-35)37-14-9-8-13-36(37)27-43-39(47)15-7-6-10-24-42-31(2)46/h8-9,13-14,16-23,30,38,40-41,45H,3-7,10-12,15,24-29H2,1-2H3,(H,42,46)(H,43,47). The Morgan fingerprint density at radius 1 is 0.816 bits per heavy atom. The van der Waals surface area contributed by atoms with Gasteiger partial charge >= 0.3 is 0 Å². The van der Waals surface area contributed by atoms with Crippen molar-refractivity contribution in [2.45, 2.75) is 103 Å². The molecular weight excluding hydrogens is 614 g/mol. The average molecular weight is 670 g/mol. The number of ether oxygens (including phenoxy) is 2. The Bertz CT molecular complexity index is 1450. The number of carbonyl (C=O) groups is 2. The maximum atomic E-state index is 12.6. The summed E-state index contributed by atoms with van der Waals surface area (Å²) in [6.45, 7) is 8.01. The lowest BCUT2D eigenvalue weighted by Gasteiger charge is -2.43. The topological polar surface area (TPSA) is 100 Å². The number of aliphatic hydroxyl groups is 1. The van der Waals surface area contributed by atoms with E-state index in [-0.39, 0.29) is 36.5 Å². The van der Waals surface area contributed by atoms with Gasteiger partial charge in [-0.15, -0.1) is 0 Å². The molecule has 4 unspecified atom stereocenters. The van der Waals surface area contributed by atoms with E-state index in [1.807, 2.05) is 24.3 Å². The first-order chi connectivity index (χ1) is 23.9. The second-order valence-electron chi connectivity index (χ2n) is 13.7. The fourth-order valence-electron chi connectivity index (χ4n) is 6.99. The summed E-state index contributed by atoms with van der Waals surface area (Å²) in [5.41, 5.74) is 6.20. The van der Waals surface area contributed by atoms with Crippen molar-refractivity contribution in [3.05, 3.63) is 95.1 Å². The summed E-state index contributed by atoms with van der Waals surface area (Å²) in [6.07, 6.45) is 8.84. The molecule has 3 aromatic rings. The van der Waals surface area contributed by atoms with Gasteiger partial charge in [0.2, 0.25) is 11.8 Å². The van der Waals surface area contributed by atoms with E-state index in [1.165, 1.54) is 39.0 Å². The Balaban J connectivity index is 1.25. The number of nitrogens with zero attached hydrogens (tertiary/aromatic N) is 1. The van der Waals surface area contributed by atoms with Crippen LogP contribution >= 0.6 is 0 Å². The molecule has 0 saturated carbocycles. The number of carbonyl (C=O) groups excluding carboxylic acids is 2. The third kappa shape index (κ3) is 11.0. The maximum Gasteiger partial charge on any atom is 0.220 e. The molecule has 2 aliphatic heterocycles. The van der Waals surface area contributed by atoms with Gasteiger partial charge in [0.25, 0.3) is 0 Å². The Labute approximate surface area is 292 Å². The minimum absolute atomic E-state index is 0.0157. The first-order valence-electron chi connectivity index (χ1n) is 18.3. The molecule has 0 radical (unpaired) electrons. The lowest BCUT2D eigenvalue weighted by atomic mass is 9.89. The van der Waals surface area contributed by atoms with Gasteiger partial charge in [-0.25, -0.2) is 0 Å². The van der Waals surface area contributed by atoms with Crippen molar-refractivity contribution in [1.82, 2.24) is 15.5 Å². The summed E-state index contributed by atoms with van der Waals surface area (Å²) in [7, 11) is 0. The lowest BCUT2D eigenvalue weighted by Crippen LogP contribution is -2.45. The molecule has 0 aliphatic carbocycles. The number of rotatable bonds is 14. The molecule has 49 heavy (non-hydrogen) atoms. The van der Waals surface area contributed by atoms with Crippen LogP contribution in [0, 0.1) is 5.92 Å². The fraction of sp³-hybridized carbons (Fsp3) is 0.512. The molecule has 3 aromatic carbocycles. The van der Waals surface area contributed by atoms with Gasteiger partial charge in [-0.3, -0.25) is 9.59 Å². The van der Waals surface area contributed by atoms with Crippen molar-refractivity contribution < 1.29 is 24.2 Å². The third-order valence-electron chi connectivity index (χ3n) is 9.95. The van der Waals surface area contributed by atoms with E-state index in [0.29, 0.717) is 19.5 Å². The maximum absolute atomic E-state index is 12.6. The van der Waals surface area contributed by atoms with Gasteiger partial charge in [0, 0.05) is 44.5 Å². The monoisotopic (exact) mass is 669 g/mol. The van der Waals surface area contributed by atoms with E-state index >= 15 is 0 Å². The van der Waals surface area contributed by atoms with Crippen LogP contribution in [0.4, 0.5) is 0 Å². The zero-order valence-corrected chi connectivity index (χ0v) is 29.4. The van der Waals surface area contributed by atoms with Crippen LogP contribution in [0.15, 0.2) is 72.8 Å². The van der Waals surface area contributed by atoms with E-state index in [4.69, 9.17) is 9.47 Å². The van der Waals surface area contributed by atoms with Crippen molar-refractivity contribution in [1.29, 1.82) is 0 Å². The summed E-state index contributed by atoms with van der Waals surface area (Å²) in [6, 6.07) is 24.8. The van der Waals surface area contributed by atoms with Crippen LogP contribution in [0.25, 0.3) is 11.1 Å². The van der Waals surface area contributed by atoms with Crippen molar-refractivity contribution in [3.63, 3.8) is 0 Å². The molecule has 8 nitrogen and oxygen atoms in total. The molecule has 0 spiro atoms. The highest BCUT2D eigenvalue weighted by molar-refractivity contribution is 5.76. The lowest BCUT2D eigenvalue weighted by molar-refractivity contribution is -0.276. The molecule has 8 heteroatoms. The molecule has 4 atom stereocenters. The SMILES string of the molecule is CC(=O)NCCCCCC(=O)NCc1ccccc1-c1ccc(C2OC(CN3CCCCCCC3)C(C)C(c3ccc(CO)cc3)O2)cc1. The molecule has 2 fully saturated rings. The van der Waals surface area contributed by atoms with E-state index < -0.39 is 6.29 Å². The highest BCUT2D eigenvalue weighted by atomic mass is 16.7. The predicted octanol–water partition coefficient (Wildman–Crippen LogP) is 7.22. The van der Waals surface area contributed by atoms with Gasteiger partial charge in [-0.1, -0.05) is 105 Å². The van der Waals surface area contributed by atoms with Gasteiger partial charge in [0.15, 0.2) is 6.29 Å². The number of aliphatic hydroxyl groups excluding tert-OH is 1. The largest absolute Gasteiger partial charge is 0.392 e. The van der Waals surface area contributed by atoms with E-state index in [1.54, 1.807) is 0 Å². The second-order valence-corrected chi connectivity index (χ2v) is 13.7. The van der Waals surface area contributed by atoms with Gasteiger partial charge < -0.3 is 30.1 Å². The number of benzene rings is 3. The molecule has 2 aliphatic rings. The highest BCUT2D eigenvalue weighted by Crippen LogP contribution is 2.42. The van der Waals surface area contributed by atoms with Crippen LogP contribution in [0.3, 0.4) is 0 Å². The third-order valence-corrected chi connectivity index (χ3v) is 9.95. The molecule has 2 heterocycles. The van der Waals surface area contributed by atoms with Crippen LogP contribution < -0.4 is 10.6 Å². The van der Waals surface area contributed by atoms with E-state index in [0.717, 1.165) is 72.3 Å². The smallest absolute Gasteiger partial charge is 0.220 e. The van der Waals surface area contributed by atoms with Gasteiger partial charge in [0.1, 0.15) is 0 Å². The number of amides is 2. The van der Waals surface area contributed by atoms with E-state index in [9.17, 15) is 14.7 Å². The quantitative estimate of drug-likeness (QED) is 0.157. The van der Waals surface area contributed by atoms with Crippen LogP contribution in [0.5, 0.6) is 0 Å². The molecule has 5 rings (SSSR count). The summed E-state index contributed by atoms with van der Waals surface area (Å²) < 4.78 is 13.5. The fourth-order valence-corrected chi connectivity index (χ4v) is 6.99. The van der Waals surface area contributed by atoms with Gasteiger partial charge in [-0.05, 0) is 66.6 Å². The highest BCUT2D eigenvalue weighted by Gasteiger charge is 2.39. The van der Waals surface area contributed by atoms with Gasteiger partial charge in [-0.2, -0.15) is 0 Å². The molecule has 2 amide bonds. The molecule has 264 valence electrons. The first-order valence-corrected chi connectivity index (χ1v) is 18.3. The zero-order chi connectivity index (χ0) is 34.4. The van der Waals surface area contributed by atoms with Gasteiger partial charge in [0.05, 0.1) is 18.8 Å². The summed E-state index contributed by atoms with van der Waals surface area (Å²) in [5.74, 6) is 0.178.